The Balaban J connectivity index is 1.14. The van der Waals surface area contributed by atoms with Crippen LogP contribution in [0.4, 0.5) is 0 Å². The van der Waals surface area contributed by atoms with Gasteiger partial charge >= 0.3 is 0 Å². The van der Waals surface area contributed by atoms with E-state index in [9.17, 15) is 9.59 Å². The van der Waals surface area contributed by atoms with Gasteiger partial charge in [-0.25, -0.2) is 0 Å². The lowest BCUT2D eigenvalue weighted by Gasteiger charge is -2.31. The molecule has 1 aliphatic heterocycles. The molecule has 1 saturated heterocycles. The molecule has 2 amide bonds. The minimum atomic E-state index is -0.0877. The summed E-state index contributed by atoms with van der Waals surface area (Å²) < 4.78 is 5.89. The van der Waals surface area contributed by atoms with Crippen LogP contribution < -0.4 is 10.1 Å². The summed E-state index contributed by atoms with van der Waals surface area (Å²) in [5.74, 6) is 1.50. The molecule has 0 aromatic heterocycles. The average molecular weight is 465 g/mol. The van der Waals surface area contributed by atoms with E-state index in [1.54, 1.807) is 0 Å². The molecule has 1 heterocycles. The molecule has 0 aliphatic carbocycles. The molecular formula is C30H28N2O3. The van der Waals surface area contributed by atoms with E-state index in [4.69, 9.17) is 4.74 Å². The zero-order valence-electron chi connectivity index (χ0n) is 19.5. The fraction of sp³-hybridized carbons (Fsp3) is 0.200. The monoisotopic (exact) mass is 464 g/mol. The number of rotatable bonds is 6. The second kappa shape index (κ2) is 10.4. The van der Waals surface area contributed by atoms with Crippen molar-refractivity contribution in [2.75, 3.05) is 13.1 Å². The first-order valence-corrected chi connectivity index (χ1v) is 12.0. The summed E-state index contributed by atoms with van der Waals surface area (Å²) in [6.07, 6.45) is 1.33. The smallest absolute Gasteiger partial charge is 0.254 e. The van der Waals surface area contributed by atoms with Crippen molar-refractivity contribution in [3.63, 3.8) is 0 Å². The van der Waals surface area contributed by atoms with E-state index in [0.29, 0.717) is 32.5 Å². The van der Waals surface area contributed by atoms with Crippen molar-refractivity contribution in [2.45, 2.75) is 19.4 Å². The topological polar surface area (TPSA) is 58.6 Å². The molecule has 176 valence electrons. The van der Waals surface area contributed by atoms with E-state index in [-0.39, 0.29) is 17.7 Å². The molecule has 1 N–H and O–H groups in total. The quantitative estimate of drug-likeness (QED) is 0.392. The Hall–Kier alpha value is -4.12. The van der Waals surface area contributed by atoms with Crippen molar-refractivity contribution in [1.82, 2.24) is 10.2 Å². The molecule has 0 unspecified atom stereocenters. The third kappa shape index (κ3) is 5.35. The molecule has 0 atom stereocenters. The zero-order valence-corrected chi connectivity index (χ0v) is 19.5. The molecule has 1 fully saturated rings. The maximum Gasteiger partial charge on any atom is 0.254 e. The Bertz CT molecular complexity index is 1320. The van der Waals surface area contributed by atoms with Gasteiger partial charge in [-0.3, -0.25) is 9.59 Å². The number of likely N-dealkylation sites (tertiary alicyclic amines) is 1. The largest absolute Gasteiger partial charge is 0.457 e. The normalized spacial score (nSPS) is 14.0. The van der Waals surface area contributed by atoms with Gasteiger partial charge in [-0.2, -0.15) is 0 Å². The van der Waals surface area contributed by atoms with Crippen molar-refractivity contribution in [3.05, 3.63) is 108 Å². The summed E-state index contributed by atoms with van der Waals surface area (Å²) in [7, 11) is 0. The lowest BCUT2D eigenvalue weighted by atomic mass is 9.94. The average Bonchev–Trinajstić information content (AvgIpc) is 2.92. The maximum absolute atomic E-state index is 13.2. The number of nitrogens with one attached hydrogen (secondary N) is 1. The summed E-state index contributed by atoms with van der Waals surface area (Å²) >= 11 is 0. The second-order valence-electron chi connectivity index (χ2n) is 8.87. The van der Waals surface area contributed by atoms with Gasteiger partial charge in [0.05, 0.1) is 0 Å². The van der Waals surface area contributed by atoms with Gasteiger partial charge in [0.25, 0.3) is 5.91 Å². The van der Waals surface area contributed by atoms with Crippen LogP contribution in [0.25, 0.3) is 10.8 Å². The van der Waals surface area contributed by atoms with Crippen LogP contribution in [0.2, 0.25) is 0 Å². The number of fused-ring (bicyclic) bond motifs is 1. The fourth-order valence-corrected chi connectivity index (χ4v) is 4.60. The Morgan fingerprint density at radius 1 is 0.800 bits per heavy atom. The van der Waals surface area contributed by atoms with Crippen LogP contribution in [0.5, 0.6) is 11.5 Å². The molecule has 0 spiro atoms. The first kappa shape index (κ1) is 22.7. The number of benzene rings is 4. The summed E-state index contributed by atoms with van der Waals surface area (Å²) in [6, 6.07) is 31.2. The molecular weight excluding hydrogens is 436 g/mol. The minimum absolute atomic E-state index is 0.0379. The van der Waals surface area contributed by atoms with Gasteiger partial charge < -0.3 is 15.0 Å². The standard InChI is InChI=1S/C30H28N2O3/c33-29(31-21-22-8-6-13-26(20-22)35-25-11-2-1-3-12-25)24-16-18-32(19-17-24)30(34)28-15-7-10-23-9-4-5-14-27(23)28/h1-15,20,24H,16-19,21H2,(H,31,33). The van der Waals surface area contributed by atoms with Crippen LogP contribution in [-0.2, 0) is 11.3 Å². The Kier molecular flexibility index (Phi) is 6.75. The summed E-state index contributed by atoms with van der Waals surface area (Å²) in [5, 5.41) is 5.09. The van der Waals surface area contributed by atoms with Gasteiger partial charge in [-0.1, -0.05) is 66.7 Å². The van der Waals surface area contributed by atoms with E-state index in [1.807, 2.05) is 102 Å². The van der Waals surface area contributed by atoms with Crippen LogP contribution in [-0.4, -0.2) is 29.8 Å². The number of nitrogens with zero attached hydrogens (tertiary/aromatic N) is 1. The first-order chi connectivity index (χ1) is 17.2. The highest BCUT2D eigenvalue weighted by atomic mass is 16.5. The molecule has 0 radical (unpaired) electrons. The number of hydrogen-bond donors (Lipinski definition) is 1. The third-order valence-corrected chi connectivity index (χ3v) is 6.52. The molecule has 35 heavy (non-hydrogen) atoms. The molecule has 5 heteroatoms. The van der Waals surface area contributed by atoms with Crippen molar-refractivity contribution < 1.29 is 14.3 Å². The van der Waals surface area contributed by atoms with Gasteiger partial charge in [0.2, 0.25) is 5.91 Å². The predicted molar refractivity (Wildman–Crippen MR) is 137 cm³/mol. The lowest BCUT2D eigenvalue weighted by molar-refractivity contribution is -0.126. The lowest BCUT2D eigenvalue weighted by Crippen LogP contribution is -2.43. The SMILES string of the molecule is O=C(NCc1cccc(Oc2ccccc2)c1)C1CCN(C(=O)c2cccc3ccccc23)CC1. The molecule has 4 aromatic rings. The first-order valence-electron chi connectivity index (χ1n) is 12.0. The Labute approximate surface area is 205 Å². The molecule has 0 bridgehead atoms. The molecule has 5 nitrogen and oxygen atoms in total. The van der Waals surface area contributed by atoms with Gasteiger partial charge in [0.15, 0.2) is 0 Å². The summed E-state index contributed by atoms with van der Waals surface area (Å²) in [6.45, 7) is 1.61. The Morgan fingerprint density at radius 3 is 2.31 bits per heavy atom. The number of carbonyl (C=O) groups excluding carboxylic acids is 2. The fourth-order valence-electron chi connectivity index (χ4n) is 4.60. The summed E-state index contributed by atoms with van der Waals surface area (Å²) in [5.41, 5.74) is 1.71. The highest BCUT2D eigenvalue weighted by Gasteiger charge is 2.28. The predicted octanol–water partition coefficient (Wildman–Crippen LogP) is 5.80. The number of carbonyl (C=O) groups is 2. The van der Waals surface area contributed by atoms with Crippen LogP contribution in [0, 0.1) is 5.92 Å². The Morgan fingerprint density at radius 2 is 1.49 bits per heavy atom. The van der Waals surface area contributed by atoms with Crippen molar-refractivity contribution in [3.8, 4) is 11.5 Å². The van der Waals surface area contributed by atoms with Gasteiger partial charge in [-0.15, -0.1) is 0 Å². The highest BCUT2D eigenvalue weighted by molar-refractivity contribution is 6.07. The van der Waals surface area contributed by atoms with E-state index >= 15 is 0 Å². The number of ether oxygens (including phenoxy) is 1. The minimum Gasteiger partial charge on any atom is -0.457 e. The van der Waals surface area contributed by atoms with Crippen LogP contribution >= 0.6 is 0 Å². The van der Waals surface area contributed by atoms with Gasteiger partial charge in [0.1, 0.15) is 11.5 Å². The van der Waals surface area contributed by atoms with Crippen LogP contribution in [0.15, 0.2) is 97.1 Å². The maximum atomic E-state index is 13.2. The number of piperidine rings is 1. The van der Waals surface area contributed by atoms with Crippen LogP contribution in [0.1, 0.15) is 28.8 Å². The highest BCUT2D eigenvalue weighted by Crippen LogP contribution is 2.25. The van der Waals surface area contributed by atoms with Gasteiger partial charge in [0, 0.05) is 31.1 Å². The van der Waals surface area contributed by atoms with Crippen molar-refractivity contribution in [2.24, 2.45) is 5.92 Å². The number of hydrogen-bond acceptors (Lipinski definition) is 3. The molecule has 1 aliphatic rings. The van der Waals surface area contributed by atoms with E-state index in [0.717, 1.165) is 33.4 Å². The molecule has 5 rings (SSSR count). The van der Waals surface area contributed by atoms with Gasteiger partial charge in [-0.05, 0) is 59.5 Å². The van der Waals surface area contributed by atoms with E-state index in [1.165, 1.54) is 0 Å². The van der Waals surface area contributed by atoms with E-state index < -0.39 is 0 Å². The molecule has 0 saturated carbocycles. The van der Waals surface area contributed by atoms with Crippen molar-refractivity contribution in [1.29, 1.82) is 0 Å². The zero-order chi connectivity index (χ0) is 24.0. The summed E-state index contributed by atoms with van der Waals surface area (Å²) in [4.78, 5) is 27.9. The van der Waals surface area contributed by atoms with Crippen LogP contribution in [0.3, 0.4) is 0 Å². The third-order valence-electron chi connectivity index (χ3n) is 6.52. The number of amides is 2. The van der Waals surface area contributed by atoms with Crippen molar-refractivity contribution >= 4 is 22.6 Å². The molecule has 4 aromatic carbocycles. The second-order valence-corrected chi connectivity index (χ2v) is 8.87. The van der Waals surface area contributed by atoms with E-state index in [2.05, 4.69) is 5.32 Å². The number of para-hydroxylation sites is 1.